The summed E-state index contributed by atoms with van der Waals surface area (Å²) in [5, 5.41) is 0.800. The van der Waals surface area contributed by atoms with Gasteiger partial charge in [0.05, 0.1) is 0 Å². The monoisotopic (exact) mass is 378 g/mol. The van der Waals surface area contributed by atoms with Gasteiger partial charge in [-0.25, -0.2) is 0 Å². The summed E-state index contributed by atoms with van der Waals surface area (Å²) in [6.45, 7) is 6.82. The second-order valence-corrected chi connectivity index (χ2v) is 7.96. The Morgan fingerprint density at radius 2 is 1.41 bits per heavy atom. The van der Waals surface area contributed by atoms with Gasteiger partial charge in [-0.1, -0.05) is 66.2 Å². The van der Waals surface area contributed by atoms with Gasteiger partial charge in [0.15, 0.2) is 0 Å². The standard InChI is InChI=1S/C24H25ClN2/c1-19-6-5-9-23(18-19)26-14-16-27(17-15-26)24(20-7-3-2-4-8-20)21-10-12-22(25)13-11-21/h2-13,18,24H,14-17H2,1H3/p+2. The third-order valence-corrected chi connectivity index (χ3v) is 5.92. The van der Waals surface area contributed by atoms with E-state index in [9.17, 15) is 0 Å². The van der Waals surface area contributed by atoms with E-state index < -0.39 is 0 Å². The van der Waals surface area contributed by atoms with Crippen LogP contribution in [-0.4, -0.2) is 26.2 Å². The molecule has 3 heteroatoms. The number of hydrogen-bond acceptors (Lipinski definition) is 0. The SMILES string of the molecule is Cc1cccc([NH+]2CC[NH+](C(c3ccccc3)c3ccc(Cl)cc3)CC2)c1. The van der Waals surface area contributed by atoms with Crippen molar-refractivity contribution in [3.8, 4) is 0 Å². The highest BCUT2D eigenvalue weighted by molar-refractivity contribution is 6.30. The van der Waals surface area contributed by atoms with Gasteiger partial charge in [0.25, 0.3) is 0 Å². The Bertz CT molecular complexity index is 868. The molecule has 1 aliphatic rings. The summed E-state index contributed by atoms with van der Waals surface area (Å²) in [6, 6.07) is 28.6. The van der Waals surface area contributed by atoms with E-state index in [0.717, 1.165) is 31.2 Å². The molecule has 0 bridgehead atoms. The quantitative estimate of drug-likeness (QED) is 0.690. The molecular formula is C24H27ClN2+2. The van der Waals surface area contributed by atoms with Crippen LogP contribution in [0.5, 0.6) is 0 Å². The molecule has 1 aliphatic heterocycles. The van der Waals surface area contributed by atoms with Crippen molar-refractivity contribution in [2.75, 3.05) is 26.2 Å². The Balaban J connectivity index is 1.56. The average molecular weight is 379 g/mol. The minimum absolute atomic E-state index is 0.363. The van der Waals surface area contributed by atoms with E-state index in [4.69, 9.17) is 11.6 Å². The van der Waals surface area contributed by atoms with Gasteiger partial charge >= 0.3 is 0 Å². The molecule has 3 aromatic rings. The maximum absolute atomic E-state index is 6.14. The topological polar surface area (TPSA) is 8.88 Å². The Morgan fingerprint density at radius 3 is 2.07 bits per heavy atom. The van der Waals surface area contributed by atoms with E-state index in [0.29, 0.717) is 6.04 Å². The van der Waals surface area contributed by atoms with Crippen LogP contribution in [0.1, 0.15) is 22.7 Å². The van der Waals surface area contributed by atoms with Crippen molar-refractivity contribution in [2.24, 2.45) is 0 Å². The molecule has 1 saturated heterocycles. The van der Waals surface area contributed by atoms with Gasteiger partial charge < -0.3 is 4.90 Å². The van der Waals surface area contributed by atoms with Gasteiger partial charge in [-0.05, 0) is 30.7 Å². The first-order valence-corrected chi connectivity index (χ1v) is 10.2. The van der Waals surface area contributed by atoms with Gasteiger partial charge in [0, 0.05) is 22.2 Å². The number of hydrogen-bond donors (Lipinski definition) is 2. The van der Waals surface area contributed by atoms with Crippen LogP contribution in [0.4, 0.5) is 5.69 Å². The molecule has 1 fully saturated rings. The Morgan fingerprint density at radius 1 is 0.741 bits per heavy atom. The van der Waals surface area contributed by atoms with Gasteiger partial charge in [-0.3, -0.25) is 4.90 Å². The molecule has 1 heterocycles. The van der Waals surface area contributed by atoms with Crippen molar-refractivity contribution < 1.29 is 9.80 Å². The minimum Gasteiger partial charge on any atom is -0.316 e. The second kappa shape index (κ2) is 8.26. The summed E-state index contributed by atoms with van der Waals surface area (Å²) in [5.41, 5.74) is 5.50. The zero-order chi connectivity index (χ0) is 18.6. The van der Waals surface area contributed by atoms with Crippen LogP contribution in [0.15, 0.2) is 78.9 Å². The fourth-order valence-electron chi connectivity index (χ4n) is 4.28. The number of piperazine rings is 1. The first kappa shape index (κ1) is 18.2. The molecule has 0 spiro atoms. The number of halogens is 1. The zero-order valence-corrected chi connectivity index (χ0v) is 16.5. The molecular weight excluding hydrogens is 352 g/mol. The number of aryl methyl sites for hydroxylation is 1. The van der Waals surface area contributed by atoms with Crippen LogP contribution in [0, 0.1) is 6.92 Å². The van der Waals surface area contributed by atoms with E-state index in [2.05, 4.69) is 73.7 Å². The summed E-state index contributed by atoms with van der Waals surface area (Å²) in [6.07, 6.45) is 0. The number of nitrogens with one attached hydrogen (secondary N) is 2. The largest absolute Gasteiger partial charge is 0.316 e. The molecule has 2 N–H and O–H groups in total. The maximum Gasteiger partial charge on any atom is 0.139 e. The van der Waals surface area contributed by atoms with E-state index in [1.165, 1.54) is 22.4 Å². The van der Waals surface area contributed by atoms with E-state index in [-0.39, 0.29) is 0 Å². The molecule has 0 aromatic heterocycles. The smallest absolute Gasteiger partial charge is 0.139 e. The number of rotatable bonds is 4. The summed E-state index contributed by atoms with van der Waals surface area (Å²) in [4.78, 5) is 3.24. The van der Waals surface area contributed by atoms with E-state index in [1.54, 1.807) is 9.80 Å². The Kier molecular flexibility index (Phi) is 5.58. The summed E-state index contributed by atoms with van der Waals surface area (Å²) in [7, 11) is 0. The van der Waals surface area contributed by atoms with Crippen molar-refractivity contribution in [2.45, 2.75) is 13.0 Å². The van der Waals surface area contributed by atoms with Crippen molar-refractivity contribution in [1.82, 2.24) is 0 Å². The summed E-state index contributed by atoms with van der Waals surface area (Å²) in [5.74, 6) is 0. The van der Waals surface area contributed by atoms with E-state index >= 15 is 0 Å². The van der Waals surface area contributed by atoms with Crippen molar-refractivity contribution in [3.63, 3.8) is 0 Å². The Labute approximate surface area is 167 Å². The second-order valence-electron chi connectivity index (χ2n) is 7.53. The van der Waals surface area contributed by atoms with Crippen LogP contribution in [0.2, 0.25) is 5.02 Å². The van der Waals surface area contributed by atoms with Crippen LogP contribution in [-0.2, 0) is 0 Å². The molecule has 3 aromatic carbocycles. The number of benzene rings is 3. The van der Waals surface area contributed by atoms with Gasteiger partial charge in [-0.2, -0.15) is 0 Å². The highest BCUT2D eigenvalue weighted by Gasteiger charge is 2.32. The van der Waals surface area contributed by atoms with Gasteiger partial charge in [0.1, 0.15) is 37.9 Å². The van der Waals surface area contributed by atoms with Crippen molar-refractivity contribution >= 4 is 17.3 Å². The van der Waals surface area contributed by atoms with E-state index in [1.807, 2.05) is 12.1 Å². The molecule has 2 nitrogen and oxygen atoms in total. The summed E-state index contributed by atoms with van der Waals surface area (Å²) < 4.78 is 0. The fraction of sp³-hybridized carbons (Fsp3) is 0.250. The molecule has 1 unspecified atom stereocenters. The summed E-state index contributed by atoms with van der Waals surface area (Å²) >= 11 is 6.14. The predicted octanol–water partition coefficient (Wildman–Crippen LogP) is 2.85. The first-order chi connectivity index (χ1) is 13.2. The highest BCUT2D eigenvalue weighted by Crippen LogP contribution is 2.21. The van der Waals surface area contributed by atoms with Gasteiger partial charge in [0.2, 0.25) is 0 Å². The molecule has 27 heavy (non-hydrogen) atoms. The van der Waals surface area contributed by atoms with Gasteiger partial charge in [-0.15, -0.1) is 0 Å². The predicted molar refractivity (Wildman–Crippen MR) is 112 cm³/mol. The molecule has 0 radical (unpaired) electrons. The molecule has 0 saturated carbocycles. The lowest BCUT2D eigenvalue weighted by atomic mass is 9.96. The molecule has 138 valence electrons. The molecule has 0 aliphatic carbocycles. The minimum atomic E-state index is 0.363. The number of quaternary nitrogens is 2. The molecule has 1 atom stereocenters. The molecule has 4 rings (SSSR count). The van der Waals surface area contributed by atoms with Crippen LogP contribution in [0.25, 0.3) is 0 Å². The lowest BCUT2D eigenvalue weighted by Gasteiger charge is -2.35. The third kappa shape index (κ3) is 4.24. The third-order valence-electron chi connectivity index (χ3n) is 5.67. The fourth-order valence-corrected chi connectivity index (χ4v) is 4.41. The highest BCUT2D eigenvalue weighted by atomic mass is 35.5. The average Bonchev–Trinajstić information content (AvgIpc) is 2.71. The lowest BCUT2D eigenvalue weighted by Crippen LogP contribution is -3.26. The Hall–Kier alpha value is -2.13. The van der Waals surface area contributed by atoms with Crippen LogP contribution >= 0.6 is 11.6 Å². The maximum atomic E-state index is 6.14. The normalized spacial score (nSPS) is 21.0. The van der Waals surface area contributed by atoms with Crippen LogP contribution in [0.3, 0.4) is 0 Å². The molecule has 0 amide bonds. The van der Waals surface area contributed by atoms with Crippen molar-refractivity contribution in [1.29, 1.82) is 0 Å². The first-order valence-electron chi connectivity index (χ1n) is 9.77. The zero-order valence-electron chi connectivity index (χ0n) is 15.8. The van der Waals surface area contributed by atoms with Crippen LogP contribution < -0.4 is 9.80 Å². The lowest BCUT2D eigenvalue weighted by molar-refractivity contribution is -1.00. The van der Waals surface area contributed by atoms with Crippen molar-refractivity contribution in [3.05, 3.63) is 101 Å².